The Hall–Kier alpha value is -1.52. The van der Waals surface area contributed by atoms with Gasteiger partial charge < -0.3 is 0 Å². The molecule has 0 saturated heterocycles. The number of sulfonamides is 1. The number of halogens is 2. The predicted octanol–water partition coefficient (Wildman–Crippen LogP) is 1.40. The summed E-state index contributed by atoms with van der Waals surface area (Å²) in [6.45, 7) is 1.35. The number of benzene rings is 1. The van der Waals surface area contributed by atoms with Gasteiger partial charge in [-0.15, -0.1) is 0 Å². The Morgan fingerprint density at radius 3 is 2.71 bits per heavy atom. The smallest absolute Gasteiger partial charge is 0.210 e. The summed E-state index contributed by atoms with van der Waals surface area (Å²) < 4.78 is 51.3. The van der Waals surface area contributed by atoms with Crippen LogP contribution in [0, 0.1) is 28.9 Å². The van der Waals surface area contributed by atoms with E-state index in [4.69, 9.17) is 5.26 Å². The summed E-state index contributed by atoms with van der Waals surface area (Å²) in [5, 5.41) is 8.48. The van der Waals surface area contributed by atoms with Gasteiger partial charge in [-0.25, -0.2) is 21.9 Å². The Morgan fingerprint density at radius 1 is 1.47 bits per heavy atom. The third kappa shape index (κ3) is 3.47. The first-order chi connectivity index (χ1) is 7.86. The van der Waals surface area contributed by atoms with Crippen molar-refractivity contribution in [1.29, 1.82) is 5.26 Å². The molecule has 7 heteroatoms. The number of nitriles is 1. The molecule has 0 spiro atoms. The number of nitrogens with one attached hydrogen (secondary N) is 1. The van der Waals surface area contributed by atoms with Crippen molar-refractivity contribution in [2.24, 2.45) is 5.92 Å². The van der Waals surface area contributed by atoms with Crippen LogP contribution in [0.25, 0.3) is 0 Å². The maximum atomic E-state index is 13.2. The van der Waals surface area contributed by atoms with Crippen LogP contribution in [-0.4, -0.2) is 15.0 Å². The van der Waals surface area contributed by atoms with Crippen molar-refractivity contribution < 1.29 is 17.2 Å². The van der Waals surface area contributed by atoms with Gasteiger partial charge in [-0.3, -0.25) is 0 Å². The van der Waals surface area contributed by atoms with Crippen molar-refractivity contribution in [3.05, 3.63) is 29.8 Å². The molecule has 0 heterocycles. The maximum Gasteiger partial charge on any atom is 0.243 e. The lowest BCUT2D eigenvalue weighted by atomic mass is 10.2. The van der Waals surface area contributed by atoms with Gasteiger partial charge in [0.05, 0.1) is 12.0 Å². The van der Waals surface area contributed by atoms with Gasteiger partial charge in [-0.2, -0.15) is 5.26 Å². The van der Waals surface area contributed by atoms with E-state index < -0.39 is 32.5 Å². The first-order valence-electron chi connectivity index (χ1n) is 4.71. The molecule has 1 aromatic carbocycles. The summed E-state index contributed by atoms with van der Waals surface area (Å²) in [5.41, 5.74) is 0. The van der Waals surface area contributed by atoms with Crippen LogP contribution < -0.4 is 4.72 Å². The van der Waals surface area contributed by atoms with E-state index in [2.05, 4.69) is 0 Å². The largest absolute Gasteiger partial charge is 0.243 e. The topological polar surface area (TPSA) is 70.0 Å². The van der Waals surface area contributed by atoms with Crippen molar-refractivity contribution >= 4 is 10.0 Å². The highest BCUT2D eigenvalue weighted by atomic mass is 32.2. The molecule has 0 aliphatic carbocycles. The standard InChI is InChI=1S/C10H10F2N2O2S/c1-7(5-13)6-14-17(15,16)10-4-8(11)2-3-9(10)12/h2-4,7,14H,6H2,1H3. The average molecular weight is 260 g/mol. The highest BCUT2D eigenvalue weighted by molar-refractivity contribution is 7.89. The van der Waals surface area contributed by atoms with Gasteiger partial charge in [-0.05, 0) is 25.1 Å². The summed E-state index contributed by atoms with van der Waals surface area (Å²) in [5.74, 6) is -2.44. The Morgan fingerprint density at radius 2 is 2.12 bits per heavy atom. The third-order valence-electron chi connectivity index (χ3n) is 1.98. The average Bonchev–Trinajstić information content (AvgIpc) is 2.29. The lowest BCUT2D eigenvalue weighted by Gasteiger charge is -2.08. The molecule has 0 amide bonds. The molecule has 1 N–H and O–H groups in total. The lowest BCUT2D eigenvalue weighted by molar-refractivity contribution is 0.542. The van der Waals surface area contributed by atoms with E-state index in [1.54, 1.807) is 0 Å². The number of nitrogens with zero attached hydrogens (tertiary/aromatic N) is 1. The SMILES string of the molecule is CC(C#N)CNS(=O)(=O)c1cc(F)ccc1F. The second kappa shape index (κ2) is 5.21. The summed E-state index contributed by atoms with van der Waals surface area (Å²) in [6.07, 6.45) is 0. The Labute approximate surface area is 97.9 Å². The Bertz CT molecular complexity index is 552. The van der Waals surface area contributed by atoms with E-state index in [0.717, 1.165) is 12.1 Å². The number of hydrogen-bond donors (Lipinski definition) is 1. The van der Waals surface area contributed by atoms with Crippen molar-refractivity contribution in [1.82, 2.24) is 4.72 Å². The van der Waals surface area contributed by atoms with Crippen molar-refractivity contribution in [2.45, 2.75) is 11.8 Å². The van der Waals surface area contributed by atoms with Crippen LogP contribution in [0.2, 0.25) is 0 Å². The monoisotopic (exact) mass is 260 g/mol. The van der Waals surface area contributed by atoms with Crippen LogP contribution >= 0.6 is 0 Å². The first-order valence-corrected chi connectivity index (χ1v) is 6.19. The molecular formula is C10H10F2N2O2S. The van der Waals surface area contributed by atoms with Gasteiger partial charge >= 0.3 is 0 Å². The molecule has 0 fully saturated rings. The quantitative estimate of drug-likeness (QED) is 0.889. The van der Waals surface area contributed by atoms with Crippen molar-refractivity contribution in [2.75, 3.05) is 6.54 Å². The van der Waals surface area contributed by atoms with Crippen LogP contribution in [0.4, 0.5) is 8.78 Å². The molecule has 0 bridgehead atoms. The maximum absolute atomic E-state index is 13.2. The minimum Gasteiger partial charge on any atom is -0.210 e. The normalized spacial score (nSPS) is 13.1. The van der Waals surface area contributed by atoms with Gasteiger partial charge in [0.15, 0.2) is 0 Å². The highest BCUT2D eigenvalue weighted by Gasteiger charge is 2.20. The van der Waals surface area contributed by atoms with Gasteiger partial charge in [0, 0.05) is 6.54 Å². The Kier molecular flexibility index (Phi) is 4.15. The molecule has 4 nitrogen and oxygen atoms in total. The third-order valence-corrected chi connectivity index (χ3v) is 3.42. The summed E-state index contributed by atoms with van der Waals surface area (Å²) in [4.78, 5) is -0.761. The van der Waals surface area contributed by atoms with Gasteiger partial charge in [0.1, 0.15) is 16.5 Å². The summed E-state index contributed by atoms with van der Waals surface area (Å²) in [6, 6.07) is 3.97. The molecule has 1 atom stereocenters. The van der Waals surface area contributed by atoms with E-state index in [1.807, 2.05) is 10.8 Å². The van der Waals surface area contributed by atoms with Crippen molar-refractivity contribution in [3.8, 4) is 6.07 Å². The predicted molar refractivity (Wildman–Crippen MR) is 56.3 cm³/mol. The van der Waals surface area contributed by atoms with Gasteiger partial charge in [-0.1, -0.05) is 0 Å². The molecule has 1 unspecified atom stereocenters. The van der Waals surface area contributed by atoms with Crippen LogP contribution in [0.15, 0.2) is 23.1 Å². The minimum absolute atomic E-state index is 0.158. The van der Waals surface area contributed by atoms with E-state index in [1.165, 1.54) is 6.92 Å². The molecule has 1 rings (SSSR count). The van der Waals surface area contributed by atoms with Gasteiger partial charge in [0.25, 0.3) is 0 Å². The number of hydrogen-bond acceptors (Lipinski definition) is 3. The molecule has 0 aliphatic rings. The van der Waals surface area contributed by atoms with E-state index >= 15 is 0 Å². The Balaban J connectivity index is 2.98. The fourth-order valence-electron chi connectivity index (χ4n) is 1.04. The second-order valence-electron chi connectivity index (χ2n) is 3.46. The molecule has 0 aromatic heterocycles. The molecule has 0 aliphatic heterocycles. The molecule has 1 aromatic rings. The number of rotatable bonds is 4. The molecule has 17 heavy (non-hydrogen) atoms. The van der Waals surface area contributed by atoms with Crippen LogP contribution in [-0.2, 0) is 10.0 Å². The van der Waals surface area contributed by atoms with Crippen LogP contribution in [0.1, 0.15) is 6.92 Å². The van der Waals surface area contributed by atoms with Crippen molar-refractivity contribution in [3.63, 3.8) is 0 Å². The lowest BCUT2D eigenvalue weighted by Crippen LogP contribution is -2.28. The van der Waals surface area contributed by atoms with Crippen LogP contribution in [0.3, 0.4) is 0 Å². The first kappa shape index (κ1) is 13.5. The van der Waals surface area contributed by atoms with E-state index in [-0.39, 0.29) is 6.54 Å². The van der Waals surface area contributed by atoms with E-state index in [0.29, 0.717) is 6.07 Å². The zero-order chi connectivity index (χ0) is 13.1. The zero-order valence-corrected chi connectivity index (χ0v) is 9.76. The molecular weight excluding hydrogens is 250 g/mol. The fourth-order valence-corrected chi connectivity index (χ4v) is 2.26. The minimum atomic E-state index is -4.13. The molecule has 0 radical (unpaired) electrons. The summed E-state index contributed by atoms with van der Waals surface area (Å²) >= 11 is 0. The summed E-state index contributed by atoms with van der Waals surface area (Å²) in [7, 11) is -4.13. The zero-order valence-electron chi connectivity index (χ0n) is 8.94. The molecule has 0 saturated carbocycles. The fraction of sp³-hybridized carbons (Fsp3) is 0.300. The van der Waals surface area contributed by atoms with Gasteiger partial charge in [0.2, 0.25) is 10.0 Å². The van der Waals surface area contributed by atoms with Crippen LogP contribution in [0.5, 0.6) is 0 Å². The highest BCUT2D eigenvalue weighted by Crippen LogP contribution is 2.15. The second-order valence-corrected chi connectivity index (χ2v) is 5.19. The van der Waals surface area contributed by atoms with E-state index in [9.17, 15) is 17.2 Å². The molecule has 92 valence electrons.